The van der Waals surface area contributed by atoms with Crippen LogP contribution in [0.15, 0.2) is 12.4 Å². The SMILES string of the molecule is C=C(N)NC1C(N)C([C@H](O)[C@H](O)CO)OC(F)(C(=O)OCC)C1F. The van der Waals surface area contributed by atoms with Gasteiger partial charge in [-0.2, -0.15) is 4.39 Å². The molecule has 140 valence electrons. The van der Waals surface area contributed by atoms with E-state index in [1.165, 1.54) is 6.92 Å². The zero-order valence-electron chi connectivity index (χ0n) is 13.1. The van der Waals surface area contributed by atoms with Crippen LogP contribution in [0.3, 0.4) is 0 Å². The number of carbonyl (C=O) groups excluding carboxylic acids is 1. The van der Waals surface area contributed by atoms with Crippen molar-refractivity contribution in [3.63, 3.8) is 0 Å². The maximum absolute atomic E-state index is 14.9. The van der Waals surface area contributed by atoms with Crippen molar-refractivity contribution in [3.8, 4) is 0 Å². The number of ether oxygens (including phenoxy) is 2. The Hall–Kier alpha value is -1.53. The van der Waals surface area contributed by atoms with E-state index in [9.17, 15) is 23.8 Å². The van der Waals surface area contributed by atoms with Gasteiger partial charge >= 0.3 is 11.8 Å². The lowest BCUT2D eigenvalue weighted by atomic mass is 9.86. The lowest BCUT2D eigenvalue weighted by molar-refractivity contribution is -0.278. The Morgan fingerprint density at radius 1 is 1.54 bits per heavy atom. The van der Waals surface area contributed by atoms with Crippen LogP contribution in [0.4, 0.5) is 8.78 Å². The van der Waals surface area contributed by atoms with Gasteiger partial charge in [-0.25, -0.2) is 9.18 Å². The zero-order valence-corrected chi connectivity index (χ0v) is 13.1. The van der Waals surface area contributed by atoms with Gasteiger partial charge in [0.15, 0.2) is 6.17 Å². The Kier molecular flexibility index (Phi) is 6.86. The van der Waals surface area contributed by atoms with Gasteiger partial charge in [0, 0.05) is 0 Å². The number of hydrogen-bond acceptors (Lipinski definition) is 9. The molecule has 8 N–H and O–H groups in total. The Bertz CT molecular complexity index is 471. The number of alkyl halides is 2. The number of nitrogens with one attached hydrogen (secondary N) is 1. The molecule has 0 saturated carbocycles. The van der Waals surface area contributed by atoms with Gasteiger partial charge in [0.25, 0.3) is 0 Å². The molecule has 1 saturated heterocycles. The number of carbonyl (C=O) groups is 1. The van der Waals surface area contributed by atoms with Gasteiger partial charge in [0.1, 0.15) is 18.3 Å². The second-order valence-electron chi connectivity index (χ2n) is 5.36. The van der Waals surface area contributed by atoms with Gasteiger partial charge in [0.2, 0.25) is 0 Å². The predicted octanol–water partition coefficient (Wildman–Crippen LogP) is -2.62. The molecule has 1 fully saturated rings. The highest BCUT2D eigenvalue weighted by atomic mass is 19.2. The molecule has 11 heteroatoms. The van der Waals surface area contributed by atoms with Gasteiger partial charge in [0.05, 0.1) is 31.1 Å². The van der Waals surface area contributed by atoms with E-state index in [1.807, 2.05) is 0 Å². The maximum Gasteiger partial charge on any atom is 0.375 e. The van der Waals surface area contributed by atoms with E-state index >= 15 is 0 Å². The van der Waals surface area contributed by atoms with Gasteiger partial charge in [-0.05, 0) is 6.92 Å². The first kappa shape index (κ1) is 20.5. The highest BCUT2D eigenvalue weighted by Gasteiger charge is 2.62. The van der Waals surface area contributed by atoms with Crippen molar-refractivity contribution in [3.05, 3.63) is 12.4 Å². The number of nitrogens with two attached hydrogens (primary N) is 2. The minimum Gasteiger partial charge on any atom is -0.462 e. The molecule has 9 nitrogen and oxygen atoms in total. The fraction of sp³-hybridized carbons (Fsp3) is 0.769. The van der Waals surface area contributed by atoms with Crippen LogP contribution in [0.2, 0.25) is 0 Å². The van der Waals surface area contributed by atoms with Crippen LogP contribution in [0.25, 0.3) is 0 Å². The highest BCUT2D eigenvalue weighted by Crippen LogP contribution is 2.36. The Balaban J connectivity index is 3.22. The number of aliphatic hydroxyl groups is 3. The highest BCUT2D eigenvalue weighted by molar-refractivity contribution is 5.79. The third-order valence-corrected chi connectivity index (χ3v) is 3.60. The summed E-state index contributed by atoms with van der Waals surface area (Å²) >= 11 is 0. The van der Waals surface area contributed by atoms with Gasteiger partial charge in [-0.1, -0.05) is 6.58 Å². The molecule has 0 aliphatic carbocycles. The fourth-order valence-electron chi connectivity index (χ4n) is 2.37. The molecule has 1 rings (SSSR count). The molecule has 1 heterocycles. The van der Waals surface area contributed by atoms with Crippen LogP contribution in [0, 0.1) is 0 Å². The van der Waals surface area contributed by atoms with E-state index in [0.29, 0.717) is 0 Å². The third kappa shape index (κ3) is 3.92. The number of halogens is 2. The Morgan fingerprint density at radius 3 is 2.58 bits per heavy atom. The van der Waals surface area contributed by atoms with Crippen LogP contribution in [0.5, 0.6) is 0 Å². The second kappa shape index (κ2) is 8.03. The summed E-state index contributed by atoms with van der Waals surface area (Å²) in [5.74, 6) is -5.52. The minimum atomic E-state index is -3.60. The van der Waals surface area contributed by atoms with E-state index in [2.05, 4.69) is 16.6 Å². The van der Waals surface area contributed by atoms with Gasteiger partial charge in [-0.15, -0.1) is 0 Å². The average Bonchev–Trinajstić information content (AvgIpc) is 2.53. The molecule has 0 aromatic carbocycles. The number of rotatable bonds is 7. The quantitative estimate of drug-likeness (QED) is 0.269. The minimum absolute atomic E-state index is 0.249. The molecule has 1 aliphatic rings. The molecule has 1 aliphatic heterocycles. The monoisotopic (exact) mass is 355 g/mol. The Labute approximate surface area is 137 Å². The van der Waals surface area contributed by atoms with Crippen LogP contribution in [-0.4, -0.2) is 76.9 Å². The van der Waals surface area contributed by atoms with E-state index in [-0.39, 0.29) is 12.4 Å². The average molecular weight is 355 g/mol. The molecule has 0 spiro atoms. The van der Waals surface area contributed by atoms with Gasteiger partial charge in [-0.3, -0.25) is 0 Å². The normalized spacial score (nSPS) is 35.8. The first-order valence-electron chi connectivity index (χ1n) is 7.21. The predicted molar refractivity (Wildman–Crippen MR) is 77.6 cm³/mol. The van der Waals surface area contributed by atoms with Gasteiger partial charge < -0.3 is 41.6 Å². The summed E-state index contributed by atoms with van der Waals surface area (Å²) in [5.41, 5.74) is 11.1. The van der Waals surface area contributed by atoms with Crippen LogP contribution < -0.4 is 16.8 Å². The van der Waals surface area contributed by atoms with Crippen LogP contribution in [0.1, 0.15) is 6.92 Å². The third-order valence-electron chi connectivity index (χ3n) is 3.60. The molecule has 24 heavy (non-hydrogen) atoms. The summed E-state index contributed by atoms with van der Waals surface area (Å²) in [6.07, 6.45) is -8.05. The first-order chi connectivity index (χ1) is 11.1. The summed E-state index contributed by atoms with van der Waals surface area (Å²) in [5, 5.41) is 30.6. The van der Waals surface area contributed by atoms with Crippen molar-refractivity contribution in [2.45, 2.75) is 49.3 Å². The lowest BCUT2D eigenvalue weighted by Gasteiger charge is -2.46. The van der Waals surface area contributed by atoms with Crippen molar-refractivity contribution in [1.29, 1.82) is 0 Å². The maximum atomic E-state index is 14.9. The van der Waals surface area contributed by atoms with E-state index in [4.69, 9.17) is 21.3 Å². The van der Waals surface area contributed by atoms with E-state index in [1.54, 1.807) is 0 Å². The molecule has 0 bridgehead atoms. The molecule has 0 amide bonds. The smallest absolute Gasteiger partial charge is 0.375 e. The van der Waals surface area contributed by atoms with E-state index in [0.717, 1.165) is 0 Å². The van der Waals surface area contributed by atoms with Crippen molar-refractivity contribution in [1.82, 2.24) is 5.32 Å². The van der Waals surface area contributed by atoms with Crippen LogP contribution in [-0.2, 0) is 14.3 Å². The lowest BCUT2D eigenvalue weighted by Crippen LogP contribution is -2.73. The fourth-order valence-corrected chi connectivity index (χ4v) is 2.37. The largest absolute Gasteiger partial charge is 0.462 e. The number of esters is 1. The summed E-state index contributed by atoms with van der Waals surface area (Å²) in [4.78, 5) is 11.8. The zero-order chi connectivity index (χ0) is 18.7. The van der Waals surface area contributed by atoms with E-state index < -0.39 is 55.0 Å². The van der Waals surface area contributed by atoms with Crippen molar-refractivity contribution in [2.75, 3.05) is 13.2 Å². The molecule has 7 atom stereocenters. The molecular weight excluding hydrogens is 332 g/mol. The number of hydrogen-bond donors (Lipinski definition) is 6. The molecular formula is C13H23F2N3O6. The molecule has 0 radical (unpaired) electrons. The number of aliphatic hydroxyl groups excluding tert-OH is 3. The molecule has 0 aromatic rings. The van der Waals surface area contributed by atoms with Crippen molar-refractivity contribution in [2.24, 2.45) is 11.5 Å². The van der Waals surface area contributed by atoms with Crippen molar-refractivity contribution >= 4 is 5.97 Å². The summed E-state index contributed by atoms with van der Waals surface area (Å²) < 4.78 is 38.7. The second-order valence-corrected chi connectivity index (χ2v) is 5.36. The first-order valence-corrected chi connectivity index (χ1v) is 7.21. The molecule has 5 unspecified atom stereocenters. The Morgan fingerprint density at radius 2 is 2.12 bits per heavy atom. The standard InChI is InChI=1S/C13H23F2N3O6/c1-3-23-12(22)13(15)11(14)8(18-5(2)16)7(17)10(24-13)9(21)6(20)4-19/h6-11,18-21H,2-4,16-17H2,1H3/t6-,7?,8?,9-,10?,11?,13?/m1/s1. The summed E-state index contributed by atoms with van der Waals surface area (Å²) in [7, 11) is 0. The summed E-state index contributed by atoms with van der Waals surface area (Å²) in [6.45, 7) is 3.51. The van der Waals surface area contributed by atoms with Crippen molar-refractivity contribution < 1.29 is 38.4 Å². The summed E-state index contributed by atoms with van der Waals surface area (Å²) in [6, 6.07) is -3.05. The molecule has 0 aromatic heterocycles. The topological polar surface area (TPSA) is 160 Å². The van der Waals surface area contributed by atoms with Crippen LogP contribution >= 0.6 is 0 Å².